The first-order chi connectivity index (χ1) is 30.6. The number of carbonyl (C=O) groups is 2. The Bertz CT molecular complexity index is 1330. The molecule has 1 atom stereocenters. The summed E-state index contributed by atoms with van der Waals surface area (Å²) < 4.78 is 10.6. The number of carbonyl (C=O) groups excluding carboxylic acids is 2. The van der Waals surface area contributed by atoms with Crippen LogP contribution < -0.4 is 0 Å². The summed E-state index contributed by atoms with van der Waals surface area (Å²) in [5.41, 5.74) is 0. The predicted molar refractivity (Wildman–Crippen MR) is 269 cm³/mol. The smallest absolute Gasteiger partial charge is 0.306 e. The second kappa shape index (κ2) is 51.4. The zero-order valence-electron chi connectivity index (χ0n) is 39.6. The van der Waals surface area contributed by atoms with E-state index in [0.717, 1.165) is 116 Å². The largest absolute Gasteiger partial charge is 0.462 e. The molecule has 0 saturated heterocycles. The van der Waals surface area contributed by atoms with Gasteiger partial charge in [0.25, 0.3) is 0 Å². The van der Waals surface area contributed by atoms with Gasteiger partial charge in [-0.05, 0) is 109 Å². The third-order valence-corrected chi connectivity index (χ3v) is 9.94. The third-order valence-electron chi connectivity index (χ3n) is 9.94. The van der Waals surface area contributed by atoms with Gasteiger partial charge >= 0.3 is 11.9 Å². The first-order valence-electron chi connectivity index (χ1n) is 24.7. The molecule has 0 fully saturated rings. The number of allylic oxidation sites excluding steroid dienone is 22. The molecule has 1 unspecified atom stereocenters. The fourth-order valence-corrected chi connectivity index (χ4v) is 6.29. The van der Waals surface area contributed by atoms with E-state index in [1.807, 2.05) is 0 Å². The Morgan fingerprint density at radius 3 is 0.984 bits per heavy atom. The number of rotatable bonds is 43. The maximum atomic E-state index is 12.3. The number of hydrogen-bond donors (Lipinski definition) is 1. The molecule has 5 nitrogen and oxygen atoms in total. The molecule has 1 N–H and O–H groups in total. The minimum atomic E-state index is -0.803. The topological polar surface area (TPSA) is 72.8 Å². The molecule has 0 saturated carbocycles. The van der Waals surface area contributed by atoms with Gasteiger partial charge in [0.2, 0.25) is 0 Å². The molecule has 0 spiro atoms. The van der Waals surface area contributed by atoms with Gasteiger partial charge < -0.3 is 14.6 Å². The van der Waals surface area contributed by atoms with Crippen LogP contribution in [0.15, 0.2) is 134 Å². The van der Waals surface area contributed by atoms with Crippen LogP contribution in [0.2, 0.25) is 0 Å². The molecule has 0 aromatic rings. The van der Waals surface area contributed by atoms with E-state index in [0.29, 0.717) is 12.8 Å². The van der Waals surface area contributed by atoms with E-state index in [4.69, 9.17) is 9.47 Å². The maximum Gasteiger partial charge on any atom is 0.306 e. The number of esters is 2. The van der Waals surface area contributed by atoms with Crippen LogP contribution in [0.4, 0.5) is 0 Å². The zero-order valence-corrected chi connectivity index (χ0v) is 39.6. The number of aliphatic hydroxyl groups excluding tert-OH is 1. The zero-order chi connectivity index (χ0) is 44.9. The summed E-state index contributed by atoms with van der Waals surface area (Å²) >= 11 is 0. The van der Waals surface area contributed by atoms with Crippen LogP contribution in [0.25, 0.3) is 0 Å². The summed E-state index contributed by atoms with van der Waals surface area (Å²) in [6.07, 6.45) is 76.7. The Hall–Kier alpha value is -3.96. The monoisotopic (exact) mass is 855 g/mol. The molecule has 348 valence electrons. The molecule has 5 heteroatoms. The Morgan fingerprint density at radius 2 is 0.645 bits per heavy atom. The molecule has 0 heterocycles. The minimum Gasteiger partial charge on any atom is -0.462 e. The van der Waals surface area contributed by atoms with Crippen molar-refractivity contribution in [3.63, 3.8) is 0 Å². The van der Waals surface area contributed by atoms with Gasteiger partial charge in [-0.1, -0.05) is 205 Å². The Labute approximate surface area is 381 Å². The molecule has 0 aromatic heterocycles. The lowest BCUT2D eigenvalue weighted by molar-refractivity contribution is -0.161. The summed E-state index contributed by atoms with van der Waals surface area (Å²) in [5, 5.41) is 9.62. The Morgan fingerprint density at radius 1 is 0.371 bits per heavy atom. The quantitative estimate of drug-likeness (QED) is 0.0376. The molecular weight excluding hydrogens is 765 g/mol. The van der Waals surface area contributed by atoms with E-state index in [2.05, 4.69) is 148 Å². The average molecular weight is 855 g/mol. The van der Waals surface area contributed by atoms with Crippen molar-refractivity contribution in [2.24, 2.45) is 0 Å². The standard InChI is InChI=1S/C57H90O5/c1-3-5-7-9-11-13-15-17-19-21-23-25-27-28-30-32-34-36-38-40-42-44-46-48-50-52-57(60)62-55(53-58)54-61-56(59)51-49-47-45-43-41-39-37-35-33-31-29-26-24-22-20-18-16-14-12-10-8-6-4-2/h5-8,11-14,17-20,23-26,28,30,34,36,40,42,55,58H,3-4,9-10,15-16,21-22,27,29,31-33,35,37-39,41,43-54H2,1-2H3/b7-5-,8-6-,13-11-,14-12-,19-17-,20-18-,25-23-,26-24-,30-28-,36-34-,42-40-. The first kappa shape index (κ1) is 58.0. The molecule has 0 aliphatic carbocycles. The molecule has 0 rings (SSSR count). The van der Waals surface area contributed by atoms with Crippen LogP contribution in [-0.2, 0) is 19.1 Å². The molecule has 0 aromatic carbocycles. The molecule has 0 aliphatic rings. The van der Waals surface area contributed by atoms with Crippen molar-refractivity contribution in [3.05, 3.63) is 134 Å². The highest BCUT2D eigenvalue weighted by molar-refractivity contribution is 5.70. The van der Waals surface area contributed by atoms with Gasteiger partial charge in [-0.2, -0.15) is 0 Å². The number of aliphatic hydroxyl groups is 1. The fraction of sp³-hybridized carbons (Fsp3) is 0.579. The van der Waals surface area contributed by atoms with Gasteiger partial charge in [0, 0.05) is 12.8 Å². The van der Waals surface area contributed by atoms with Gasteiger partial charge in [-0.15, -0.1) is 0 Å². The Balaban J connectivity index is 3.65. The summed E-state index contributed by atoms with van der Waals surface area (Å²) in [6.45, 7) is 3.87. The second-order valence-electron chi connectivity index (χ2n) is 15.8. The Kier molecular flexibility index (Phi) is 48.1. The number of hydrogen-bond acceptors (Lipinski definition) is 5. The van der Waals surface area contributed by atoms with Crippen molar-refractivity contribution in [2.45, 2.75) is 200 Å². The summed E-state index contributed by atoms with van der Waals surface area (Å²) in [7, 11) is 0. The normalized spacial score (nSPS) is 13.4. The average Bonchev–Trinajstić information content (AvgIpc) is 3.28. The second-order valence-corrected chi connectivity index (χ2v) is 15.8. The lowest BCUT2D eigenvalue weighted by Crippen LogP contribution is -2.28. The molecular formula is C57H90O5. The number of unbranched alkanes of at least 4 members (excludes halogenated alkanes) is 13. The van der Waals surface area contributed by atoms with E-state index in [-0.39, 0.29) is 25.2 Å². The molecule has 0 bridgehead atoms. The highest BCUT2D eigenvalue weighted by Gasteiger charge is 2.16. The van der Waals surface area contributed by atoms with Crippen LogP contribution in [0, 0.1) is 0 Å². The molecule has 0 amide bonds. The van der Waals surface area contributed by atoms with Crippen LogP contribution in [-0.4, -0.2) is 36.4 Å². The highest BCUT2D eigenvalue weighted by Crippen LogP contribution is 2.13. The van der Waals surface area contributed by atoms with Crippen molar-refractivity contribution in [2.75, 3.05) is 13.2 Å². The van der Waals surface area contributed by atoms with Crippen molar-refractivity contribution >= 4 is 11.9 Å². The van der Waals surface area contributed by atoms with Crippen LogP contribution >= 0.6 is 0 Å². The molecule has 62 heavy (non-hydrogen) atoms. The van der Waals surface area contributed by atoms with Crippen molar-refractivity contribution in [1.82, 2.24) is 0 Å². The first-order valence-corrected chi connectivity index (χ1v) is 24.7. The van der Waals surface area contributed by atoms with E-state index < -0.39 is 6.10 Å². The summed E-state index contributed by atoms with van der Waals surface area (Å²) in [5.74, 6) is -0.645. The predicted octanol–water partition coefficient (Wildman–Crippen LogP) is 16.5. The van der Waals surface area contributed by atoms with Crippen molar-refractivity contribution in [3.8, 4) is 0 Å². The number of ether oxygens (including phenoxy) is 2. The lowest BCUT2D eigenvalue weighted by atomic mass is 10.1. The van der Waals surface area contributed by atoms with E-state index in [1.165, 1.54) is 51.4 Å². The van der Waals surface area contributed by atoms with E-state index in [9.17, 15) is 14.7 Å². The highest BCUT2D eigenvalue weighted by atomic mass is 16.6. The van der Waals surface area contributed by atoms with E-state index >= 15 is 0 Å². The summed E-state index contributed by atoms with van der Waals surface area (Å²) in [4.78, 5) is 24.4. The van der Waals surface area contributed by atoms with E-state index in [1.54, 1.807) is 0 Å². The summed E-state index contributed by atoms with van der Waals surface area (Å²) in [6, 6.07) is 0. The van der Waals surface area contributed by atoms with Gasteiger partial charge in [0.05, 0.1) is 6.61 Å². The van der Waals surface area contributed by atoms with Gasteiger partial charge in [-0.3, -0.25) is 9.59 Å². The third kappa shape index (κ3) is 48.7. The van der Waals surface area contributed by atoms with Gasteiger partial charge in [-0.25, -0.2) is 0 Å². The molecule has 0 aliphatic heterocycles. The van der Waals surface area contributed by atoms with Gasteiger partial charge in [0.1, 0.15) is 6.61 Å². The maximum absolute atomic E-state index is 12.3. The molecule has 0 radical (unpaired) electrons. The van der Waals surface area contributed by atoms with Crippen LogP contribution in [0.3, 0.4) is 0 Å². The van der Waals surface area contributed by atoms with Crippen LogP contribution in [0.1, 0.15) is 194 Å². The van der Waals surface area contributed by atoms with Crippen LogP contribution in [0.5, 0.6) is 0 Å². The fourth-order valence-electron chi connectivity index (χ4n) is 6.29. The van der Waals surface area contributed by atoms with Crippen molar-refractivity contribution < 1.29 is 24.2 Å². The van der Waals surface area contributed by atoms with Crippen molar-refractivity contribution in [1.29, 1.82) is 0 Å². The lowest BCUT2D eigenvalue weighted by Gasteiger charge is -2.15. The van der Waals surface area contributed by atoms with Gasteiger partial charge in [0.15, 0.2) is 6.10 Å². The SMILES string of the molecule is CC/C=C\C/C=C\C/C=C\C/C=C\C/C=C\C/C=C\C/C=C\CCCCCC(=O)OC(CO)COC(=O)CCCCCCCCCCCC/C=C\C/C=C\C/C=C\C/C=C\CC. The minimum absolute atomic E-state index is 0.0912.